The third-order valence-corrected chi connectivity index (χ3v) is 4.57. The van der Waals surface area contributed by atoms with Crippen LogP contribution in [0.3, 0.4) is 0 Å². The number of hydrogen-bond donors (Lipinski definition) is 1. The lowest BCUT2D eigenvalue weighted by Crippen LogP contribution is -2.19. The van der Waals surface area contributed by atoms with Gasteiger partial charge in [0, 0.05) is 19.5 Å². The predicted octanol–water partition coefficient (Wildman–Crippen LogP) is 2.81. The van der Waals surface area contributed by atoms with E-state index in [4.69, 9.17) is 0 Å². The Morgan fingerprint density at radius 3 is 3.21 bits per heavy atom. The van der Waals surface area contributed by atoms with Gasteiger partial charge >= 0.3 is 0 Å². The van der Waals surface area contributed by atoms with Gasteiger partial charge in [0.1, 0.15) is 11.5 Å². The third kappa shape index (κ3) is 2.56. The van der Waals surface area contributed by atoms with E-state index in [-0.39, 0.29) is 11.5 Å². The number of phenols is 1. The van der Waals surface area contributed by atoms with E-state index in [1.807, 2.05) is 6.07 Å². The Morgan fingerprint density at radius 1 is 1.58 bits per heavy atom. The molecule has 0 saturated carbocycles. The molecule has 0 amide bonds. The Bertz CT molecular complexity index is 623. The topological polar surface area (TPSA) is 53.4 Å². The minimum absolute atomic E-state index is 0.265. The van der Waals surface area contributed by atoms with Gasteiger partial charge in [-0.2, -0.15) is 0 Å². The Hall–Kier alpha value is -1.62. The summed E-state index contributed by atoms with van der Waals surface area (Å²) in [7, 11) is 0. The summed E-state index contributed by atoms with van der Waals surface area (Å²) in [6.45, 7) is 3.53. The fourth-order valence-corrected chi connectivity index (χ4v) is 3.65. The van der Waals surface area contributed by atoms with Gasteiger partial charge in [0.2, 0.25) is 0 Å². The molecular formula is C14H16N2O2S. The van der Waals surface area contributed by atoms with Gasteiger partial charge in [0.05, 0.1) is 10.2 Å². The second kappa shape index (κ2) is 4.81. The number of aromatic nitrogens is 1. The van der Waals surface area contributed by atoms with E-state index >= 15 is 0 Å². The number of phenolic OH excluding ortho intramolecular Hbond substituents is 1. The van der Waals surface area contributed by atoms with Crippen LogP contribution in [0.2, 0.25) is 0 Å². The van der Waals surface area contributed by atoms with Crippen molar-refractivity contribution in [2.24, 2.45) is 5.92 Å². The number of carbonyl (C=O) groups excluding carboxylic acids is 1. The zero-order valence-corrected chi connectivity index (χ0v) is 11.6. The summed E-state index contributed by atoms with van der Waals surface area (Å²) < 4.78 is 1.00. The maximum Gasteiger partial charge on any atom is 0.186 e. The number of Topliss-reactive ketones (excluding diaryl/α,β-unsaturated/α-hetero) is 1. The normalized spacial score (nSPS) is 19.2. The van der Waals surface area contributed by atoms with Crippen molar-refractivity contribution in [2.75, 3.05) is 18.0 Å². The smallest absolute Gasteiger partial charge is 0.186 e. The highest BCUT2D eigenvalue weighted by Gasteiger charge is 2.25. The molecule has 4 nitrogen and oxygen atoms in total. The van der Waals surface area contributed by atoms with Gasteiger partial charge in [-0.05, 0) is 37.5 Å². The highest BCUT2D eigenvalue weighted by atomic mass is 32.1. The lowest BCUT2D eigenvalue weighted by Gasteiger charge is -2.14. The molecule has 0 aliphatic carbocycles. The Balaban J connectivity index is 1.79. The van der Waals surface area contributed by atoms with Crippen molar-refractivity contribution in [3.8, 4) is 5.75 Å². The molecule has 0 spiro atoms. The number of benzene rings is 1. The van der Waals surface area contributed by atoms with Gasteiger partial charge < -0.3 is 14.8 Å². The molecule has 100 valence electrons. The van der Waals surface area contributed by atoms with Crippen LogP contribution in [-0.4, -0.2) is 29.0 Å². The van der Waals surface area contributed by atoms with Crippen LogP contribution in [0.25, 0.3) is 10.2 Å². The summed E-state index contributed by atoms with van der Waals surface area (Å²) in [5.41, 5.74) is 0.924. The SMILES string of the molecule is CC(=O)CC1CCN(c2nc3ccc(O)cc3s2)C1. The molecule has 1 atom stereocenters. The average Bonchev–Trinajstić information content (AvgIpc) is 2.93. The Labute approximate surface area is 115 Å². The van der Waals surface area contributed by atoms with Gasteiger partial charge in [-0.15, -0.1) is 0 Å². The molecule has 1 saturated heterocycles. The molecule has 1 aromatic heterocycles. The largest absolute Gasteiger partial charge is 0.508 e. The minimum atomic E-state index is 0.265. The quantitative estimate of drug-likeness (QED) is 0.936. The number of carbonyl (C=O) groups is 1. The first-order valence-electron chi connectivity index (χ1n) is 6.46. The van der Waals surface area contributed by atoms with E-state index in [2.05, 4.69) is 9.88 Å². The molecular weight excluding hydrogens is 260 g/mol. The van der Waals surface area contributed by atoms with E-state index in [1.165, 1.54) is 0 Å². The number of ketones is 1. The third-order valence-electron chi connectivity index (χ3n) is 3.49. The van der Waals surface area contributed by atoms with Gasteiger partial charge in [0.15, 0.2) is 5.13 Å². The van der Waals surface area contributed by atoms with Gasteiger partial charge in [0.25, 0.3) is 0 Å². The molecule has 1 aliphatic heterocycles. The van der Waals surface area contributed by atoms with E-state index in [0.29, 0.717) is 12.3 Å². The molecule has 0 radical (unpaired) electrons. The Kier molecular flexibility index (Phi) is 3.14. The monoisotopic (exact) mass is 276 g/mol. The molecule has 1 fully saturated rings. The number of fused-ring (bicyclic) bond motifs is 1. The number of rotatable bonds is 3. The standard InChI is InChI=1S/C14H16N2O2S/c1-9(17)6-10-4-5-16(8-10)14-15-12-3-2-11(18)7-13(12)19-14/h2-3,7,10,18H,4-6,8H2,1H3. The first-order chi connectivity index (χ1) is 9.11. The van der Waals surface area contributed by atoms with Crippen molar-refractivity contribution in [2.45, 2.75) is 19.8 Å². The molecule has 5 heteroatoms. The fourth-order valence-electron chi connectivity index (χ4n) is 2.62. The molecule has 1 unspecified atom stereocenters. The fraction of sp³-hybridized carbons (Fsp3) is 0.429. The van der Waals surface area contributed by atoms with Crippen molar-refractivity contribution in [3.05, 3.63) is 18.2 Å². The van der Waals surface area contributed by atoms with Crippen LogP contribution in [0.4, 0.5) is 5.13 Å². The lowest BCUT2D eigenvalue weighted by atomic mass is 10.0. The molecule has 1 aliphatic rings. The first kappa shape index (κ1) is 12.4. The van der Waals surface area contributed by atoms with E-state index in [0.717, 1.165) is 34.9 Å². The summed E-state index contributed by atoms with van der Waals surface area (Å²) in [5.74, 6) is 0.998. The number of aromatic hydroxyl groups is 1. The molecule has 19 heavy (non-hydrogen) atoms. The highest BCUT2D eigenvalue weighted by Crippen LogP contribution is 2.34. The van der Waals surface area contributed by atoms with Crippen LogP contribution in [0.1, 0.15) is 19.8 Å². The van der Waals surface area contributed by atoms with Crippen molar-refractivity contribution < 1.29 is 9.90 Å². The zero-order valence-electron chi connectivity index (χ0n) is 10.8. The van der Waals surface area contributed by atoms with Crippen molar-refractivity contribution >= 4 is 32.5 Å². The summed E-state index contributed by atoms with van der Waals surface area (Å²) in [6, 6.07) is 5.25. The van der Waals surface area contributed by atoms with Gasteiger partial charge in [-0.1, -0.05) is 11.3 Å². The van der Waals surface area contributed by atoms with Crippen molar-refractivity contribution in [1.29, 1.82) is 0 Å². The summed E-state index contributed by atoms with van der Waals surface area (Å²) in [5, 5.41) is 10.5. The summed E-state index contributed by atoms with van der Waals surface area (Å²) >= 11 is 1.60. The lowest BCUT2D eigenvalue weighted by molar-refractivity contribution is -0.117. The van der Waals surface area contributed by atoms with E-state index in [1.54, 1.807) is 30.4 Å². The average molecular weight is 276 g/mol. The van der Waals surface area contributed by atoms with Crippen LogP contribution < -0.4 is 4.90 Å². The highest BCUT2D eigenvalue weighted by molar-refractivity contribution is 7.22. The molecule has 1 N–H and O–H groups in total. The van der Waals surface area contributed by atoms with Crippen molar-refractivity contribution in [1.82, 2.24) is 4.98 Å². The van der Waals surface area contributed by atoms with Gasteiger partial charge in [-0.3, -0.25) is 0 Å². The number of nitrogens with zero attached hydrogens (tertiary/aromatic N) is 2. The van der Waals surface area contributed by atoms with Crippen LogP contribution in [-0.2, 0) is 4.79 Å². The Morgan fingerprint density at radius 2 is 2.42 bits per heavy atom. The predicted molar refractivity (Wildman–Crippen MR) is 76.9 cm³/mol. The second-order valence-corrected chi connectivity index (χ2v) is 6.16. The van der Waals surface area contributed by atoms with E-state index in [9.17, 15) is 9.90 Å². The van der Waals surface area contributed by atoms with E-state index < -0.39 is 0 Å². The maximum atomic E-state index is 11.2. The number of anilines is 1. The zero-order chi connectivity index (χ0) is 13.4. The molecule has 3 rings (SSSR count). The van der Waals surface area contributed by atoms with Crippen LogP contribution in [0.15, 0.2) is 18.2 Å². The summed E-state index contributed by atoms with van der Waals surface area (Å²) in [6.07, 6.45) is 1.73. The van der Waals surface area contributed by atoms with Crippen LogP contribution in [0.5, 0.6) is 5.75 Å². The van der Waals surface area contributed by atoms with Crippen molar-refractivity contribution in [3.63, 3.8) is 0 Å². The second-order valence-electron chi connectivity index (χ2n) is 5.16. The number of thiazole rings is 1. The maximum absolute atomic E-state index is 11.2. The number of hydrogen-bond acceptors (Lipinski definition) is 5. The first-order valence-corrected chi connectivity index (χ1v) is 7.27. The van der Waals surface area contributed by atoms with Crippen LogP contribution >= 0.6 is 11.3 Å². The molecule has 2 aromatic rings. The van der Waals surface area contributed by atoms with Gasteiger partial charge in [-0.25, -0.2) is 4.98 Å². The molecule has 2 heterocycles. The summed E-state index contributed by atoms with van der Waals surface area (Å²) in [4.78, 5) is 18.0. The molecule has 0 bridgehead atoms. The van der Waals surface area contributed by atoms with Crippen LogP contribution in [0, 0.1) is 5.92 Å². The molecule has 1 aromatic carbocycles. The minimum Gasteiger partial charge on any atom is -0.508 e.